The van der Waals surface area contributed by atoms with Crippen molar-refractivity contribution >= 4 is 34.6 Å². The quantitative estimate of drug-likeness (QED) is 0.502. The summed E-state index contributed by atoms with van der Waals surface area (Å²) in [5.74, 6) is 1.93. The Kier molecular flexibility index (Phi) is 6.55. The van der Waals surface area contributed by atoms with Crippen LogP contribution < -0.4 is 14.4 Å². The fourth-order valence-corrected chi connectivity index (χ4v) is 3.49. The smallest absolute Gasteiger partial charge is 0.283 e. The molecule has 0 atom stereocenters. The van der Waals surface area contributed by atoms with Crippen molar-refractivity contribution in [2.24, 2.45) is 4.99 Å². The van der Waals surface area contributed by atoms with Gasteiger partial charge in [0.1, 0.15) is 17.2 Å². The molecule has 1 heterocycles. The third kappa shape index (κ3) is 4.28. The summed E-state index contributed by atoms with van der Waals surface area (Å²) in [4.78, 5) is 19.3. The van der Waals surface area contributed by atoms with E-state index in [1.54, 1.807) is 24.2 Å². The second kappa shape index (κ2) is 9.28. The van der Waals surface area contributed by atoms with Crippen molar-refractivity contribution in [3.8, 4) is 11.5 Å². The van der Waals surface area contributed by atoms with Gasteiger partial charge < -0.3 is 9.47 Å². The summed E-state index contributed by atoms with van der Waals surface area (Å²) in [5.41, 5.74) is 1.91. The molecule has 1 aliphatic heterocycles. The summed E-state index contributed by atoms with van der Waals surface area (Å²) in [6, 6.07) is 15.0. The number of carbonyl (C=O) groups is 1. The van der Waals surface area contributed by atoms with Gasteiger partial charge >= 0.3 is 0 Å². The Hall–Kier alpha value is -2.99. The summed E-state index contributed by atoms with van der Waals surface area (Å²) >= 11 is 1.46. The Morgan fingerprint density at radius 2 is 1.93 bits per heavy atom. The van der Waals surface area contributed by atoms with Crippen molar-refractivity contribution < 1.29 is 14.3 Å². The summed E-state index contributed by atoms with van der Waals surface area (Å²) in [5, 5.41) is 0.621. The van der Waals surface area contributed by atoms with Crippen LogP contribution in [-0.2, 0) is 4.79 Å². The number of nitrogens with zero attached hydrogens (tertiary/aromatic N) is 2. The molecule has 0 saturated carbocycles. The van der Waals surface area contributed by atoms with Crippen LogP contribution >= 0.6 is 11.8 Å². The molecule has 3 rings (SSSR count). The zero-order chi connectivity index (χ0) is 19.9. The average Bonchev–Trinajstić information content (AvgIpc) is 3.03. The zero-order valence-corrected chi connectivity index (χ0v) is 16.7. The van der Waals surface area contributed by atoms with E-state index >= 15 is 0 Å². The first-order chi connectivity index (χ1) is 13.7. The normalized spacial score (nSPS) is 14.9. The van der Waals surface area contributed by atoms with Crippen LogP contribution in [-0.4, -0.2) is 30.5 Å². The Balaban J connectivity index is 1.96. The molecule has 2 aromatic rings. The van der Waals surface area contributed by atoms with Gasteiger partial charge in [0, 0.05) is 11.3 Å². The molecule has 0 radical (unpaired) electrons. The highest BCUT2D eigenvalue weighted by atomic mass is 32.2. The van der Waals surface area contributed by atoms with E-state index in [9.17, 15) is 4.79 Å². The lowest BCUT2D eigenvalue weighted by molar-refractivity contribution is -0.113. The van der Waals surface area contributed by atoms with Gasteiger partial charge in [-0.3, -0.25) is 9.69 Å². The first kappa shape index (κ1) is 19.8. The molecule has 28 heavy (non-hydrogen) atoms. The van der Waals surface area contributed by atoms with Gasteiger partial charge in [-0.1, -0.05) is 36.0 Å². The number of para-hydroxylation sites is 1. The van der Waals surface area contributed by atoms with Gasteiger partial charge in [0.15, 0.2) is 5.17 Å². The number of rotatable bonds is 7. The molecule has 0 aromatic heterocycles. The fourth-order valence-electron chi connectivity index (χ4n) is 2.75. The first-order valence-corrected chi connectivity index (χ1v) is 9.91. The van der Waals surface area contributed by atoms with E-state index in [1.165, 1.54) is 11.8 Å². The highest BCUT2D eigenvalue weighted by Gasteiger charge is 2.32. The number of methoxy groups -OCH3 is 1. The SMILES string of the molecule is C=CCSC1=NC(=Cc2ccccc2OC)C(=O)N1c1ccc(OCC)cc1. The van der Waals surface area contributed by atoms with E-state index in [0.717, 1.165) is 17.0 Å². The molecule has 0 bridgehead atoms. The maximum absolute atomic E-state index is 13.1. The van der Waals surface area contributed by atoms with Crippen LogP contribution in [0.3, 0.4) is 0 Å². The Morgan fingerprint density at radius 3 is 2.61 bits per heavy atom. The number of hydrogen-bond acceptors (Lipinski definition) is 5. The number of hydrogen-bond donors (Lipinski definition) is 0. The predicted octanol–water partition coefficient (Wildman–Crippen LogP) is 4.76. The van der Waals surface area contributed by atoms with Crippen molar-refractivity contribution in [3.63, 3.8) is 0 Å². The Morgan fingerprint density at radius 1 is 1.18 bits per heavy atom. The number of amidine groups is 1. The molecule has 2 aromatic carbocycles. The van der Waals surface area contributed by atoms with Crippen molar-refractivity contribution in [2.45, 2.75) is 6.92 Å². The number of aliphatic imine (C=N–C) groups is 1. The molecule has 6 heteroatoms. The minimum Gasteiger partial charge on any atom is -0.496 e. The molecule has 1 aliphatic rings. The minimum atomic E-state index is -0.179. The number of ether oxygens (including phenoxy) is 2. The molecule has 0 aliphatic carbocycles. The third-order valence-electron chi connectivity index (χ3n) is 4.00. The van der Waals surface area contributed by atoms with Gasteiger partial charge in [0.25, 0.3) is 5.91 Å². The second-order valence-corrected chi connectivity index (χ2v) is 6.82. The third-order valence-corrected chi connectivity index (χ3v) is 4.93. The lowest BCUT2D eigenvalue weighted by atomic mass is 10.1. The van der Waals surface area contributed by atoms with Gasteiger partial charge in [0.05, 0.1) is 19.4 Å². The van der Waals surface area contributed by atoms with Crippen molar-refractivity contribution in [3.05, 3.63) is 72.4 Å². The van der Waals surface area contributed by atoms with Crippen molar-refractivity contribution in [1.29, 1.82) is 0 Å². The van der Waals surface area contributed by atoms with E-state index in [-0.39, 0.29) is 5.91 Å². The standard InChI is InChI=1S/C22H22N2O3S/c1-4-14-28-22-23-19(15-16-8-6-7-9-20(16)26-3)21(25)24(22)17-10-12-18(13-11-17)27-5-2/h4,6-13,15H,1,5,14H2,2-3H3. The van der Waals surface area contributed by atoms with Crippen LogP contribution in [0, 0.1) is 0 Å². The largest absolute Gasteiger partial charge is 0.496 e. The van der Waals surface area contributed by atoms with E-state index in [4.69, 9.17) is 9.47 Å². The summed E-state index contributed by atoms with van der Waals surface area (Å²) < 4.78 is 10.9. The second-order valence-electron chi connectivity index (χ2n) is 5.83. The Bertz CT molecular complexity index is 920. The van der Waals surface area contributed by atoms with E-state index < -0.39 is 0 Å². The van der Waals surface area contributed by atoms with Gasteiger partial charge in [0.2, 0.25) is 0 Å². The van der Waals surface area contributed by atoms with Crippen molar-refractivity contribution in [1.82, 2.24) is 0 Å². The minimum absolute atomic E-state index is 0.179. The summed E-state index contributed by atoms with van der Waals surface area (Å²) in [6.45, 7) is 6.28. The van der Waals surface area contributed by atoms with Crippen LogP contribution in [0.2, 0.25) is 0 Å². The first-order valence-electron chi connectivity index (χ1n) is 8.92. The molecule has 0 spiro atoms. The number of carbonyl (C=O) groups excluding carboxylic acids is 1. The van der Waals surface area contributed by atoms with Crippen LogP contribution in [0.15, 0.2) is 71.9 Å². The van der Waals surface area contributed by atoms with Gasteiger partial charge in [-0.15, -0.1) is 6.58 Å². The molecule has 144 valence electrons. The molecular weight excluding hydrogens is 372 g/mol. The maximum Gasteiger partial charge on any atom is 0.283 e. The average molecular weight is 394 g/mol. The summed E-state index contributed by atoms with van der Waals surface area (Å²) in [6.07, 6.45) is 3.54. The van der Waals surface area contributed by atoms with Crippen LogP contribution in [0.5, 0.6) is 11.5 Å². The van der Waals surface area contributed by atoms with Crippen molar-refractivity contribution in [2.75, 3.05) is 24.4 Å². The van der Waals surface area contributed by atoms with E-state index in [2.05, 4.69) is 11.6 Å². The molecule has 5 nitrogen and oxygen atoms in total. The number of amides is 1. The lowest BCUT2D eigenvalue weighted by Gasteiger charge is -2.18. The van der Waals surface area contributed by atoms with E-state index in [1.807, 2.05) is 55.5 Å². The molecule has 0 saturated heterocycles. The monoisotopic (exact) mass is 394 g/mol. The van der Waals surface area contributed by atoms with Crippen LogP contribution in [0.4, 0.5) is 5.69 Å². The summed E-state index contributed by atoms with van der Waals surface area (Å²) in [7, 11) is 1.61. The molecular formula is C22H22N2O3S. The topological polar surface area (TPSA) is 51.1 Å². The number of anilines is 1. The van der Waals surface area contributed by atoms with Gasteiger partial charge in [-0.25, -0.2) is 4.99 Å². The van der Waals surface area contributed by atoms with Crippen LogP contribution in [0.25, 0.3) is 6.08 Å². The van der Waals surface area contributed by atoms with Crippen LogP contribution in [0.1, 0.15) is 12.5 Å². The van der Waals surface area contributed by atoms with E-state index in [0.29, 0.717) is 29.0 Å². The lowest BCUT2D eigenvalue weighted by Crippen LogP contribution is -2.30. The maximum atomic E-state index is 13.1. The number of benzene rings is 2. The highest BCUT2D eigenvalue weighted by Crippen LogP contribution is 2.31. The van der Waals surface area contributed by atoms with Gasteiger partial charge in [-0.05, 0) is 43.3 Å². The number of thioether (sulfide) groups is 1. The molecule has 0 unspecified atom stereocenters. The molecule has 0 fully saturated rings. The highest BCUT2D eigenvalue weighted by molar-refractivity contribution is 8.14. The Labute approximate surface area is 169 Å². The molecule has 1 amide bonds. The zero-order valence-electron chi connectivity index (χ0n) is 15.9. The molecule has 0 N–H and O–H groups in total. The van der Waals surface area contributed by atoms with Gasteiger partial charge in [-0.2, -0.15) is 0 Å². The fraction of sp³-hybridized carbons (Fsp3) is 0.182. The predicted molar refractivity (Wildman–Crippen MR) is 116 cm³/mol.